The quantitative estimate of drug-likeness (QED) is 0.129. The van der Waals surface area contributed by atoms with Crippen LogP contribution in [0.25, 0.3) is 19.5 Å². The summed E-state index contributed by atoms with van der Waals surface area (Å²) in [6.45, 7) is 14.4. The van der Waals surface area contributed by atoms with Gasteiger partial charge in [0.05, 0.1) is 31.0 Å². The van der Waals surface area contributed by atoms with Gasteiger partial charge < -0.3 is 23.7 Å². The van der Waals surface area contributed by atoms with E-state index in [-0.39, 0.29) is 10.8 Å². The van der Waals surface area contributed by atoms with E-state index in [1.54, 1.807) is 34.0 Å². The van der Waals surface area contributed by atoms with Crippen LogP contribution in [-0.4, -0.2) is 33.0 Å². The zero-order valence-corrected chi connectivity index (χ0v) is 30.4. The molecule has 0 N–H and O–H groups in total. The predicted octanol–water partition coefficient (Wildman–Crippen LogP) is 11.1. The first-order valence-corrected chi connectivity index (χ1v) is 19.8. The standard InChI is InChI=1S/C35H38O5S5/c1-6-8-14-36-21-13-20-42-29(21)31-26-27(39-17-16-38-26)32(45-31)34(3,4)23-11-12-24(43-23)35(5,7-2)33-28-25(37-15-18-40-28)30(44-33)22-10-9-19-41-22/h9-13,19-20H,6-8,14-18H2,1-5H3. The van der Waals surface area contributed by atoms with Crippen LogP contribution >= 0.6 is 56.7 Å². The predicted molar refractivity (Wildman–Crippen MR) is 191 cm³/mol. The van der Waals surface area contributed by atoms with Crippen LogP contribution in [-0.2, 0) is 10.8 Å². The maximum atomic E-state index is 6.37. The van der Waals surface area contributed by atoms with Crippen molar-refractivity contribution in [3.63, 3.8) is 0 Å². The van der Waals surface area contributed by atoms with E-state index in [9.17, 15) is 0 Å². The molecule has 45 heavy (non-hydrogen) atoms. The van der Waals surface area contributed by atoms with Gasteiger partial charge >= 0.3 is 0 Å². The van der Waals surface area contributed by atoms with Gasteiger partial charge in [-0.15, -0.1) is 56.7 Å². The van der Waals surface area contributed by atoms with Gasteiger partial charge in [0.1, 0.15) is 32.2 Å². The molecule has 7 heterocycles. The topological polar surface area (TPSA) is 46.2 Å². The first-order valence-electron chi connectivity index (χ1n) is 15.6. The molecule has 2 aliphatic rings. The zero-order chi connectivity index (χ0) is 31.2. The van der Waals surface area contributed by atoms with Crippen LogP contribution in [0, 0.1) is 0 Å². The van der Waals surface area contributed by atoms with Gasteiger partial charge in [-0.3, -0.25) is 0 Å². The largest absolute Gasteiger partial charge is 0.492 e. The second kappa shape index (κ2) is 12.6. The van der Waals surface area contributed by atoms with E-state index in [0.29, 0.717) is 26.4 Å². The molecule has 238 valence electrons. The molecule has 1 unspecified atom stereocenters. The summed E-state index contributed by atoms with van der Waals surface area (Å²) in [5, 5.41) is 4.23. The lowest BCUT2D eigenvalue weighted by Gasteiger charge is -2.29. The number of hydrogen-bond acceptors (Lipinski definition) is 10. The fourth-order valence-corrected chi connectivity index (χ4v) is 11.9. The Hall–Kier alpha value is -2.50. The molecule has 10 heteroatoms. The summed E-state index contributed by atoms with van der Waals surface area (Å²) in [5.74, 6) is 4.49. The van der Waals surface area contributed by atoms with Crippen molar-refractivity contribution < 1.29 is 23.7 Å². The molecule has 1 atom stereocenters. The Morgan fingerprint density at radius 3 is 2.04 bits per heavy atom. The fraction of sp³-hybridized carbons (Fsp3) is 0.429. The molecule has 0 radical (unpaired) electrons. The number of fused-ring (bicyclic) bond motifs is 2. The van der Waals surface area contributed by atoms with Gasteiger partial charge in [0.25, 0.3) is 0 Å². The molecule has 0 aliphatic carbocycles. The Morgan fingerprint density at radius 2 is 1.36 bits per heavy atom. The average molecular weight is 699 g/mol. The van der Waals surface area contributed by atoms with Crippen molar-refractivity contribution in [3.05, 3.63) is 60.6 Å². The normalized spacial score (nSPS) is 15.7. The summed E-state index contributed by atoms with van der Waals surface area (Å²) in [5.41, 5.74) is -0.506. The van der Waals surface area contributed by atoms with E-state index in [1.807, 2.05) is 22.7 Å². The van der Waals surface area contributed by atoms with Crippen molar-refractivity contribution in [1.29, 1.82) is 0 Å². The summed E-state index contributed by atoms with van der Waals surface area (Å²) in [4.78, 5) is 9.69. The third-order valence-electron chi connectivity index (χ3n) is 8.68. The Labute approximate surface area is 285 Å². The number of unbranched alkanes of at least 4 members (excludes halogenated alkanes) is 1. The van der Waals surface area contributed by atoms with Gasteiger partial charge in [-0.1, -0.05) is 26.3 Å². The van der Waals surface area contributed by atoms with Crippen LogP contribution < -0.4 is 23.7 Å². The molecule has 5 aromatic heterocycles. The van der Waals surface area contributed by atoms with Gasteiger partial charge in [-0.05, 0) is 68.6 Å². The van der Waals surface area contributed by atoms with E-state index in [2.05, 4.69) is 75.7 Å². The number of rotatable bonds is 11. The first kappa shape index (κ1) is 31.1. The van der Waals surface area contributed by atoms with Gasteiger partial charge in [0, 0.05) is 25.5 Å². The number of hydrogen-bond donors (Lipinski definition) is 0. The highest BCUT2D eigenvalue weighted by molar-refractivity contribution is 7.23. The summed E-state index contributed by atoms with van der Waals surface area (Å²) >= 11 is 8.95. The summed E-state index contributed by atoms with van der Waals surface area (Å²) in [6, 6.07) is 11.0. The van der Waals surface area contributed by atoms with E-state index in [1.165, 1.54) is 29.3 Å². The van der Waals surface area contributed by atoms with E-state index in [4.69, 9.17) is 23.7 Å². The summed E-state index contributed by atoms with van der Waals surface area (Å²) < 4.78 is 31.5. The van der Waals surface area contributed by atoms with Crippen molar-refractivity contribution in [2.24, 2.45) is 0 Å². The lowest BCUT2D eigenvalue weighted by molar-refractivity contribution is 0.171. The Kier molecular flexibility index (Phi) is 8.71. The van der Waals surface area contributed by atoms with Gasteiger partial charge in [0.15, 0.2) is 23.0 Å². The minimum Gasteiger partial charge on any atom is -0.492 e. The summed E-state index contributed by atoms with van der Waals surface area (Å²) in [7, 11) is 0. The molecule has 0 saturated carbocycles. The number of thiophene rings is 5. The third-order valence-corrected chi connectivity index (χ3v) is 15.4. The molecule has 7 rings (SSSR count). The van der Waals surface area contributed by atoms with Crippen molar-refractivity contribution in [1.82, 2.24) is 0 Å². The lowest BCUT2D eigenvalue weighted by Crippen LogP contribution is -2.23. The molecule has 0 spiro atoms. The lowest BCUT2D eigenvalue weighted by atomic mass is 9.83. The van der Waals surface area contributed by atoms with Crippen LogP contribution in [0.3, 0.4) is 0 Å². The van der Waals surface area contributed by atoms with E-state index >= 15 is 0 Å². The monoisotopic (exact) mass is 698 g/mol. The third kappa shape index (κ3) is 5.40. The molecule has 2 aliphatic heterocycles. The van der Waals surface area contributed by atoms with Crippen molar-refractivity contribution in [2.75, 3.05) is 33.0 Å². The van der Waals surface area contributed by atoms with Crippen LogP contribution in [0.15, 0.2) is 41.1 Å². The highest BCUT2D eigenvalue weighted by Crippen LogP contribution is 2.60. The van der Waals surface area contributed by atoms with E-state index in [0.717, 1.165) is 64.4 Å². The summed E-state index contributed by atoms with van der Waals surface area (Å²) in [6.07, 6.45) is 3.09. The van der Waals surface area contributed by atoms with Crippen LogP contribution in [0.2, 0.25) is 0 Å². The van der Waals surface area contributed by atoms with Crippen LogP contribution in [0.4, 0.5) is 0 Å². The Morgan fingerprint density at radius 1 is 0.689 bits per heavy atom. The van der Waals surface area contributed by atoms with Crippen molar-refractivity contribution >= 4 is 56.7 Å². The molecule has 0 bridgehead atoms. The fourth-order valence-electron chi connectivity index (χ4n) is 5.83. The maximum Gasteiger partial charge on any atom is 0.181 e. The first-order chi connectivity index (χ1) is 21.9. The highest BCUT2D eigenvalue weighted by Gasteiger charge is 2.41. The van der Waals surface area contributed by atoms with Gasteiger partial charge in [0.2, 0.25) is 0 Å². The SMILES string of the molecule is CCCCOc1ccsc1-c1sc(C(C)(C)c2ccc(C(C)(CC)c3sc(-c4cccs4)c4c3OCCO4)s2)c2c1OCCO2. The molecular formula is C35H38O5S5. The van der Waals surface area contributed by atoms with Crippen LogP contribution in [0.1, 0.15) is 73.4 Å². The van der Waals surface area contributed by atoms with Crippen molar-refractivity contribution in [2.45, 2.75) is 64.7 Å². The maximum absolute atomic E-state index is 6.37. The van der Waals surface area contributed by atoms with Gasteiger partial charge in [-0.25, -0.2) is 0 Å². The Balaban J connectivity index is 1.27. The number of ether oxygens (including phenoxy) is 5. The zero-order valence-electron chi connectivity index (χ0n) is 26.3. The molecule has 5 nitrogen and oxygen atoms in total. The highest BCUT2D eigenvalue weighted by atomic mass is 32.1. The van der Waals surface area contributed by atoms with Crippen molar-refractivity contribution in [3.8, 4) is 48.3 Å². The van der Waals surface area contributed by atoms with Gasteiger partial charge in [-0.2, -0.15) is 0 Å². The molecule has 5 aromatic rings. The second-order valence-electron chi connectivity index (χ2n) is 12.0. The smallest absolute Gasteiger partial charge is 0.181 e. The molecule has 0 amide bonds. The molecule has 0 saturated heterocycles. The van der Waals surface area contributed by atoms with E-state index < -0.39 is 0 Å². The molecule has 0 aromatic carbocycles. The minimum atomic E-state index is -0.289. The van der Waals surface area contributed by atoms with Crippen LogP contribution in [0.5, 0.6) is 28.7 Å². The average Bonchev–Trinajstić information content (AvgIpc) is 3.89. The minimum absolute atomic E-state index is 0.217. The Bertz CT molecular complexity index is 1770. The molecule has 0 fully saturated rings. The second-order valence-corrected chi connectivity index (χ2v) is 17.0. The molecular weight excluding hydrogens is 661 g/mol.